The lowest BCUT2D eigenvalue weighted by Crippen LogP contribution is -2.18. The van der Waals surface area contributed by atoms with E-state index < -0.39 is 0 Å². The number of carbonyl (C=O) groups excluding carboxylic acids is 1. The van der Waals surface area contributed by atoms with E-state index in [4.69, 9.17) is 0 Å². The van der Waals surface area contributed by atoms with Crippen LogP contribution in [0.4, 0.5) is 5.69 Å². The molecule has 0 saturated heterocycles. The highest BCUT2D eigenvalue weighted by Crippen LogP contribution is 2.75. The molecule has 3 nitrogen and oxygen atoms in total. The second-order valence-electron chi connectivity index (χ2n) is 5.55. The summed E-state index contributed by atoms with van der Waals surface area (Å²) in [6.07, 6.45) is 3.96. The lowest BCUT2D eigenvalue weighted by atomic mass is 10.1. The summed E-state index contributed by atoms with van der Waals surface area (Å²) in [5, 5.41) is 4.11. The molecule has 0 radical (unpaired) electrons. The van der Waals surface area contributed by atoms with Crippen molar-refractivity contribution in [2.24, 2.45) is 11.3 Å². The van der Waals surface area contributed by atoms with Crippen LogP contribution in [0.25, 0.3) is 10.9 Å². The van der Waals surface area contributed by atoms with Crippen molar-refractivity contribution >= 4 is 22.5 Å². The monoisotopic (exact) mass is 238 g/mol. The van der Waals surface area contributed by atoms with Crippen LogP contribution in [0.1, 0.15) is 18.4 Å². The summed E-state index contributed by atoms with van der Waals surface area (Å²) < 4.78 is 0. The van der Waals surface area contributed by atoms with Crippen LogP contribution < -0.4 is 5.32 Å². The van der Waals surface area contributed by atoms with Gasteiger partial charge in [0.1, 0.15) is 0 Å². The molecule has 90 valence electrons. The van der Waals surface area contributed by atoms with Crippen LogP contribution in [0.2, 0.25) is 0 Å². The summed E-state index contributed by atoms with van der Waals surface area (Å²) >= 11 is 0. The van der Waals surface area contributed by atoms with Crippen molar-refractivity contribution in [3.05, 3.63) is 36.0 Å². The first-order valence-electron chi connectivity index (χ1n) is 6.36. The number of carbonyl (C=O) groups is 1. The third-order valence-corrected chi connectivity index (χ3v) is 4.35. The number of anilines is 1. The van der Waals surface area contributed by atoms with E-state index >= 15 is 0 Å². The second kappa shape index (κ2) is 3.10. The predicted molar refractivity (Wildman–Crippen MR) is 70.3 cm³/mol. The smallest absolute Gasteiger partial charge is 0.230 e. The van der Waals surface area contributed by atoms with Crippen LogP contribution >= 0.6 is 0 Å². The summed E-state index contributed by atoms with van der Waals surface area (Å²) in [6.45, 7) is 2.04. The van der Waals surface area contributed by atoms with E-state index in [-0.39, 0.29) is 11.3 Å². The second-order valence-corrected chi connectivity index (χ2v) is 5.55. The Kier molecular flexibility index (Phi) is 1.74. The summed E-state index contributed by atoms with van der Waals surface area (Å²) in [6, 6.07) is 7.92. The van der Waals surface area contributed by atoms with Gasteiger partial charge in [-0.25, -0.2) is 0 Å². The molecule has 0 unspecified atom stereocenters. The van der Waals surface area contributed by atoms with Gasteiger partial charge in [-0.2, -0.15) is 0 Å². The number of amides is 1. The lowest BCUT2D eigenvalue weighted by Gasteiger charge is -2.11. The SMILES string of the molecule is Cc1ccc(NC(=O)C23CC2C3)c2cccnc12. The summed E-state index contributed by atoms with van der Waals surface area (Å²) in [4.78, 5) is 16.5. The molecule has 3 heteroatoms. The fourth-order valence-corrected chi connectivity index (χ4v) is 2.74. The van der Waals surface area contributed by atoms with E-state index in [0.717, 1.165) is 35.0 Å². The summed E-state index contributed by atoms with van der Waals surface area (Å²) in [5.74, 6) is 0.869. The first-order chi connectivity index (χ1) is 8.71. The number of pyridine rings is 1. The Balaban J connectivity index is 1.76. The zero-order valence-electron chi connectivity index (χ0n) is 10.2. The molecule has 1 aromatic heterocycles. The van der Waals surface area contributed by atoms with Crippen molar-refractivity contribution < 1.29 is 4.79 Å². The van der Waals surface area contributed by atoms with Crippen LogP contribution in [-0.2, 0) is 4.79 Å². The van der Waals surface area contributed by atoms with Crippen molar-refractivity contribution in [2.45, 2.75) is 19.8 Å². The van der Waals surface area contributed by atoms with Crippen molar-refractivity contribution in [3.8, 4) is 0 Å². The lowest BCUT2D eigenvalue weighted by molar-refractivity contribution is -0.119. The number of aryl methyl sites for hydroxylation is 1. The van der Waals surface area contributed by atoms with E-state index in [1.54, 1.807) is 6.20 Å². The van der Waals surface area contributed by atoms with Crippen molar-refractivity contribution in [1.29, 1.82) is 0 Å². The molecule has 2 saturated carbocycles. The fourth-order valence-electron chi connectivity index (χ4n) is 2.74. The van der Waals surface area contributed by atoms with E-state index in [1.165, 1.54) is 0 Å². The molecule has 2 fully saturated rings. The Morgan fingerprint density at radius 2 is 2.17 bits per heavy atom. The molecule has 0 spiro atoms. The van der Waals surface area contributed by atoms with Gasteiger partial charge in [0.2, 0.25) is 5.91 Å². The van der Waals surface area contributed by atoms with Crippen LogP contribution in [0.3, 0.4) is 0 Å². The van der Waals surface area contributed by atoms with Crippen molar-refractivity contribution in [3.63, 3.8) is 0 Å². The largest absolute Gasteiger partial charge is 0.325 e. The van der Waals surface area contributed by atoms with Crippen molar-refractivity contribution in [2.75, 3.05) is 5.32 Å². The van der Waals surface area contributed by atoms with Gasteiger partial charge in [0, 0.05) is 11.6 Å². The Labute approximate surface area is 105 Å². The molecular formula is C15H14N2O. The molecule has 1 amide bonds. The molecule has 1 N–H and O–H groups in total. The maximum atomic E-state index is 12.1. The van der Waals surface area contributed by atoms with E-state index in [1.807, 2.05) is 31.2 Å². The van der Waals surface area contributed by atoms with Gasteiger partial charge in [-0.15, -0.1) is 0 Å². The molecule has 2 aliphatic carbocycles. The summed E-state index contributed by atoms with van der Waals surface area (Å²) in [5.41, 5.74) is 3.01. The molecule has 2 aliphatic rings. The molecule has 2 aromatic rings. The molecule has 18 heavy (non-hydrogen) atoms. The third kappa shape index (κ3) is 1.24. The number of benzene rings is 1. The number of nitrogens with zero attached hydrogens (tertiary/aromatic N) is 1. The Bertz CT molecular complexity index is 671. The quantitative estimate of drug-likeness (QED) is 0.874. The Morgan fingerprint density at radius 3 is 2.89 bits per heavy atom. The highest BCUT2D eigenvalue weighted by molar-refractivity contribution is 6.06. The maximum absolute atomic E-state index is 12.1. The topological polar surface area (TPSA) is 42.0 Å². The fraction of sp³-hybridized carbons (Fsp3) is 0.333. The van der Waals surface area contributed by atoms with Crippen LogP contribution in [0.15, 0.2) is 30.5 Å². The number of rotatable bonds is 2. The van der Waals surface area contributed by atoms with Crippen molar-refractivity contribution in [1.82, 2.24) is 4.98 Å². The van der Waals surface area contributed by atoms with Gasteiger partial charge in [-0.3, -0.25) is 9.78 Å². The van der Waals surface area contributed by atoms with Gasteiger partial charge in [0.05, 0.1) is 16.6 Å². The average molecular weight is 238 g/mol. The van der Waals surface area contributed by atoms with Gasteiger partial charge in [-0.05, 0) is 49.4 Å². The predicted octanol–water partition coefficient (Wildman–Crippen LogP) is 2.89. The van der Waals surface area contributed by atoms with Crippen LogP contribution in [0.5, 0.6) is 0 Å². The maximum Gasteiger partial charge on any atom is 0.230 e. The minimum Gasteiger partial charge on any atom is -0.325 e. The normalized spacial score (nSPS) is 27.7. The molecule has 1 aromatic carbocycles. The van der Waals surface area contributed by atoms with Gasteiger partial charge in [0.15, 0.2) is 0 Å². The standard InChI is InChI=1S/C15H14N2O/c1-9-4-5-12(11-3-2-6-16-13(9)11)17-14(18)15-7-10(15)8-15/h2-6,10H,7-8H2,1H3,(H,17,18). The van der Waals surface area contributed by atoms with Gasteiger partial charge in [-0.1, -0.05) is 6.07 Å². The molecule has 1 heterocycles. The van der Waals surface area contributed by atoms with Gasteiger partial charge >= 0.3 is 0 Å². The first-order valence-corrected chi connectivity index (χ1v) is 6.36. The highest BCUT2D eigenvalue weighted by atomic mass is 16.2. The molecular weight excluding hydrogens is 224 g/mol. The molecule has 0 bridgehead atoms. The highest BCUT2D eigenvalue weighted by Gasteiger charge is 2.74. The van der Waals surface area contributed by atoms with Gasteiger partial charge in [0.25, 0.3) is 0 Å². The number of aromatic nitrogens is 1. The van der Waals surface area contributed by atoms with Gasteiger partial charge < -0.3 is 5.32 Å². The zero-order chi connectivity index (χ0) is 12.3. The Hall–Kier alpha value is -1.90. The third-order valence-electron chi connectivity index (χ3n) is 4.35. The number of hydrogen-bond donors (Lipinski definition) is 1. The minimum atomic E-state index is 0.0133. The number of nitrogens with one attached hydrogen (secondary N) is 1. The van der Waals surface area contributed by atoms with E-state index in [0.29, 0.717) is 5.92 Å². The first kappa shape index (κ1) is 10.1. The van der Waals surface area contributed by atoms with E-state index in [9.17, 15) is 4.79 Å². The number of hydrogen-bond acceptors (Lipinski definition) is 2. The molecule has 0 atom stereocenters. The summed E-state index contributed by atoms with van der Waals surface area (Å²) in [7, 11) is 0. The Morgan fingerprint density at radius 1 is 1.39 bits per heavy atom. The average Bonchev–Trinajstić information content (AvgIpc) is 3.22. The number of fused-ring (bicyclic) bond motifs is 2. The minimum absolute atomic E-state index is 0.0133. The zero-order valence-corrected chi connectivity index (χ0v) is 10.2. The molecule has 4 rings (SSSR count). The van der Waals surface area contributed by atoms with Crippen LogP contribution in [0, 0.1) is 18.3 Å². The molecule has 0 aliphatic heterocycles. The van der Waals surface area contributed by atoms with E-state index in [2.05, 4.69) is 10.3 Å². The van der Waals surface area contributed by atoms with Crippen LogP contribution in [-0.4, -0.2) is 10.9 Å².